The van der Waals surface area contributed by atoms with Gasteiger partial charge in [0, 0.05) is 25.1 Å². The van der Waals surface area contributed by atoms with Crippen LogP contribution in [0, 0.1) is 0 Å². The van der Waals surface area contributed by atoms with Gasteiger partial charge in [0.1, 0.15) is 11.9 Å². The summed E-state index contributed by atoms with van der Waals surface area (Å²) in [5.74, 6) is 0. The first-order chi connectivity index (χ1) is 6.23. The number of hydrogen-bond acceptors (Lipinski definition) is 4. The third kappa shape index (κ3) is 2.23. The molecular weight excluding hydrogens is 168 g/mol. The monoisotopic (exact) mass is 182 g/mol. The van der Waals surface area contributed by atoms with Crippen LogP contribution in [-0.2, 0) is 10.3 Å². The van der Waals surface area contributed by atoms with Crippen molar-refractivity contribution in [3.05, 3.63) is 24.3 Å². The molecule has 1 heterocycles. The zero-order valence-corrected chi connectivity index (χ0v) is 7.90. The molecule has 13 heavy (non-hydrogen) atoms. The maximum Gasteiger partial charge on any atom is 0.116 e. The zero-order valence-electron chi connectivity index (χ0n) is 7.90. The van der Waals surface area contributed by atoms with Crippen molar-refractivity contribution in [1.82, 2.24) is 9.97 Å². The number of aliphatic hydroxyl groups is 1. The lowest BCUT2D eigenvalue weighted by molar-refractivity contribution is -0.0391. The van der Waals surface area contributed by atoms with Gasteiger partial charge in [0.05, 0.1) is 6.61 Å². The van der Waals surface area contributed by atoms with E-state index in [1.807, 2.05) is 6.92 Å². The van der Waals surface area contributed by atoms with E-state index in [0.717, 1.165) is 0 Å². The van der Waals surface area contributed by atoms with Gasteiger partial charge in [-0.3, -0.25) is 0 Å². The molecule has 0 bridgehead atoms. The normalized spacial score (nSPS) is 15.3. The van der Waals surface area contributed by atoms with E-state index < -0.39 is 5.60 Å². The molecule has 72 valence electrons. The van der Waals surface area contributed by atoms with Gasteiger partial charge in [-0.2, -0.15) is 0 Å². The van der Waals surface area contributed by atoms with E-state index in [1.54, 1.807) is 19.5 Å². The molecule has 0 radical (unpaired) electrons. The maximum absolute atomic E-state index is 10.1. The Morgan fingerprint density at radius 2 is 2.08 bits per heavy atom. The first-order valence-corrected chi connectivity index (χ1v) is 4.19. The fourth-order valence-electron chi connectivity index (χ4n) is 1.17. The lowest BCUT2D eigenvalue weighted by Gasteiger charge is -2.25. The van der Waals surface area contributed by atoms with Gasteiger partial charge in [0.25, 0.3) is 0 Å². The van der Waals surface area contributed by atoms with Crippen LogP contribution < -0.4 is 0 Å². The van der Waals surface area contributed by atoms with Crippen molar-refractivity contribution in [1.29, 1.82) is 0 Å². The van der Waals surface area contributed by atoms with Gasteiger partial charge < -0.3 is 9.84 Å². The molecule has 0 aromatic carbocycles. The molecule has 0 aliphatic rings. The molecule has 1 unspecified atom stereocenters. The minimum atomic E-state index is -0.962. The third-order valence-electron chi connectivity index (χ3n) is 2.07. The minimum absolute atomic E-state index is 0.261. The van der Waals surface area contributed by atoms with E-state index >= 15 is 0 Å². The van der Waals surface area contributed by atoms with Crippen molar-refractivity contribution in [3.63, 3.8) is 0 Å². The zero-order chi connectivity index (χ0) is 9.73. The van der Waals surface area contributed by atoms with Crippen LogP contribution in [0.15, 0.2) is 18.7 Å². The summed E-state index contributed by atoms with van der Waals surface area (Å²) in [6, 6.07) is 0. The lowest BCUT2D eigenvalue weighted by Crippen LogP contribution is -2.30. The van der Waals surface area contributed by atoms with Crippen LogP contribution in [0.25, 0.3) is 0 Å². The summed E-state index contributed by atoms with van der Waals surface area (Å²) >= 11 is 0. The van der Waals surface area contributed by atoms with Gasteiger partial charge in [-0.15, -0.1) is 0 Å². The second-order valence-electron chi connectivity index (χ2n) is 2.95. The minimum Gasteiger partial charge on any atom is -0.383 e. The van der Waals surface area contributed by atoms with Crippen molar-refractivity contribution in [2.75, 3.05) is 13.7 Å². The second kappa shape index (κ2) is 4.30. The Labute approximate surface area is 77.6 Å². The predicted molar refractivity (Wildman–Crippen MR) is 48.1 cm³/mol. The number of aromatic nitrogens is 2. The van der Waals surface area contributed by atoms with E-state index in [1.165, 1.54) is 6.33 Å². The van der Waals surface area contributed by atoms with Gasteiger partial charge >= 0.3 is 0 Å². The molecule has 4 heteroatoms. The SMILES string of the molecule is CCC(O)(COC)c1cncnc1. The van der Waals surface area contributed by atoms with E-state index in [-0.39, 0.29) is 6.61 Å². The number of hydrogen-bond donors (Lipinski definition) is 1. The lowest BCUT2D eigenvalue weighted by atomic mass is 9.95. The van der Waals surface area contributed by atoms with Crippen molar-refractivity contribution >= 4 is 0 Å². The molecule has 1 N–H and O–H groups in total. The van der Waals surface area contributed by atoms with Crippen molar-refractivity contribution in [2.24, 2.45) is 0 Å². The molecule has 1 aromatic heterocycles. The highest BCUT2D eigenvalue weighted by atomic mass is 16.5. The molecule has 0 saturated carbocycles. The van der Waals surface area contributed by atoms with Crippen LogP contribution in [-0.4, -0.2) is 28.8 Å². The van der Waals surface area contributed by atoms with Crippen LogP contribution in [0.3, 0.4) is 0 Å². The Balaban J connectivity index is 2.89. The quantitative estimate of drug-likeness (QED) is 0.745. The summed E-state index contributed by atoms with van der Waals surface area (Å²) in [5.41, 5.74) is -0.268. The van der Waals surface area contributed by atoms with E-state index in [2.05, 4.69) is 9.97 Å². The Morgan fingerprint density at radius 1 is 1.46 bits per heavy atom. The van der Waals surface area contributed by atoms with E-state index in [0.29, 0.717) is 12.0 Å². The van der Waals surface area contributed by atoms with Crippen LogP contribution >= 0.6 is 0 Å². The summed E-state index contributed by atoms with van der Waals surface area (Å²) in [7, 11) is 1.56. The highest BCUT2D eigenvalue weighted by Crippen LogP contribution is 2.23. The smallest absolute Gasteiger partial charge is 0.116 e. The highest BCUT2D eigenvalue weighted by Gasteiger charge is 2.27. The number of rotatable bonds is 4. The molecule has 0 spiro atoms. The highest BCUT2D eigenvalue weighted by molar-refractivity contribution is 5.13. The van der Waals surface area contributed by atoms with Crippen LogP contribution in [0.1, 0.15) is 18.9 Å². The summed E-state index contributed by atoms with van der Waals surface area (Å²) in [4.78, 5) is 7.71. The van der Waals surface area contributed by atoms with Gasteiger partial charge in [-0.25, -0.2) is 9.97 Å². The molecule has 0 aliphatic carbocycles. The number of methoxy groups -OCH3 is 1. The standard InChI is InChI=1S/C9H14N2O2/c1-3-9(12,6-13-2)8-4-10-7-11-5-8/h4-5,7,12H,3,6H2,1-2H3. The summed E-state index contributed by atoms with van der Waals surface area (Å²) in [5, 5.41) is 10.1. The third-order valence-corrected chi connectivity index (χ3v) is 2.07. The maximum atomic E-state index is 10.1. The molecule has 0 saturated heterocycles. The first-order valence-electron chi connectivity index (χ1n) is 4.19. The second-order valence-corrected chi connectivity index (χ2v) is 2.95. The van der Waals surface area contributed by atoms with Crippen LogP contribution in [0.5, 0.6) is 0 Å². The van der Waals surface area contributed by atoms with E-state index in [4.69, 9.17) is 4.74 Å². The number of nitrogens with zero attached hydrogens (tertiary/aromatic N) is 2. The summed E-state index contributed by atoms with van der Waals surface area (Å²) in [6.45, 7) is 2.16. The molecule has 0 fully saturated rings. The van der Waals surface area contributed by atoms with Crippen molar-refractivity contribution < 1.29 is 9.84 Å². The van der Waals surface area contributed by atoms with Gasteiger partial charge in [-0.1, -0.05) is 6.92 Å². The van der Waals surface area contributed by atoms with Gasteiger partial charge in [0.15, 0.2) is 0 Å². The fourth-order valence-corrected chi connectivity index (χ4v) is 1.17. The van der Waals surface area contributed by atoms with Gasteiger partial charge in [0.2, 0.25) is 0 Å². The predicted octanol–water partition coefficient (Wildman–Crippen LogP) is 0.721. The Bertz CT molecular complexity index is 253. The molecule has 1 aromatic rings. The first kappa shape index (κ1) is 10.1. The molecule has 4 nitrogen and oxygen atoms in total. The van der Waals surface area contributed by atoms with Crippen molar-refractivity contribution in [3.8, 4) is 0 Å². The van der Waals surface area contributed by atoms with Crippen molar-refractivity contribution in [2.45, 2.75) is 18.9 Å². The Kier molecular flexibility index (Phi) is 3.33. The topological polar surface area (TPSA) is 55.2 Å². The molecule has 0 amide bonds. The summed E-state index contributed by atoms with van der Waals surface area (Å²) < 4.78 is 4.95. The van der Waals surface area contributed by atoms with Crippen LogP contribution in [0.4, 0.5) is 0 Å². The summed E-state index contributed by atoms with van der Waals surface area (Å²) in [6.07, 6.45) is 5.23. The Hall–Kier alpha value is -1.00. The van der Waals surface area contributed by atoms with Crippen LogP contribution in [0.2, 0.25) is 0 Å². The molecular formula is C9H14N2O2. The number of ether oxygens (including phenoxy) is 1. The fraction of sp³-hybridized carbons (Fsp3) is 0.556. The average Bonchev–Trinajstić information content (AvgIpc) is 2.19. The Morgan fingerprint density at radius 3 is 2.54 bits per heavy atom. The molecule has 0 aliphatic heterocycles. The largest absolute Gasteiger partial charge is 0.383 e. The molecule has 1 rings (SSSR count). The molecule has 1 atom stereocenters. The van der Waals surface area contributed by atoms with E-state index in [9.17, 15) is 5.11 Å². The van der Waals surface area contributed by atoms with Gasteiger partial charge in [-0.05, 0) is 6.42 Å². The average molecular weight is 182 g/mol.